The highest BCUT2D eigenvalue weighted by molar-refractivity contribution is 7.11. The summed E-state index contributed by atoms with van der Waals surface area (Å²) in [6.45, 7) is 2.19. The minimum Gasteiger partial charge on any atom is -0.338 e. The van der Waals surface area contributed by atoms with Gasteiger partial charge in [0.25, 0.3) is 0 Å². The Morgan fingerprint density at radius 1 is 1.40 bits per heavy atom. The SMILES string of the molecule is O=C(NO)[C@H]1CC2(CC[C@@H]1C(=O)N1CC=C(c3cccs3)CC1)CN2. The summed E-state index contributed by atoms with van der Waals surface area (Å²) < 4.78 is 0. The van der Waals surface area contributed by atoms with Gasteiger partial charge in [0.05, 0.1) is 5.92 Å². The molecule has 1 aromatic heterocycles. The Morgan fingerprint density at radius 3 is 2.84 bits per heavy atom. The second-order valence-electron chi connectivity index (χ2n) is 7.31. The summed E-state index contributed by atoms with van der Waals surface area (Å²) in [5.41, 5.74) is 3.08. The van der Waals surface area contributed by atoms with Crippen LogP contribution in [0.3, 0.4) is 0 Å². The number of nitrogens with zero attached hydrogens (tertiary/aromatic N) is 1. The lowest BCUT2D eigenvalue weighted by atomic mass is 9.72. The number of rotatable bonds is 3. The maximum absolute atomic E-state index is 13.0. The van der Waals surface area contributed by atoms with Crippen molar-refractivity contribution in [3.8, 4) is 0 Å². The zero-order chi connectivity index (χ0) is 17.4. The summed E-state index contributed by atoms with van der Waals surface area (Å²) in [5.74, 6) is -1.18. The van der Waals surface area contributed by atoms with Crippen LogP contribution in [0.25, 0.3) is 5.57 Å². The van der Waals surface area contributed by atoms with Crippen molar-refractivity contribution in [3.05, 3.63) is 28.5 Å². The van der Waals surface area contributed by atoms with Crippen LogP contribution < -0.4 is 10.8 Å². The molecule has 3 atom stereocenters. The normalized spacial score (nSPS) is 31.6. The van der Waals surface area contributed by atoms with Gasteiger partial charge in [-0.1, -0.05) is 12.1 Å². The molecule has 25 heavy (non-hydrogen) atoms. The Bertz CT molecular complexity index is 696. The van der Waals surface area contributed by atoms with Crippen LogP contribution in [0.15, 0.2) is 23.6 Å². The van der Waals surface area contributed by atoms with Crippen molar-refractivity contribution in [2.24, 2.45) is 11.8 Å². The van der Waals surface area contributed by atoms with E-state index in [-0.39, 0.29) is 17.4 Å². The molecule has 1 spiro atoms. The van der Waals surface area contributed by atoms with Gasteiger partial charge in [0, 0.05) is 36.0 Å². The highest BCUT2D eigenvalue weighted by Gasteiger charge is 2.52. The minimum absolute atomic E-state index is 0.0160. The molecule has 7 heteroatoms. The van der Waals surface area contributed by atoms with Crippen molar-refractivity contribution < 1.29 is 14.8 Å². The van der Waals surface area contributed by atoms with E-state index in [0.29, 0.717) is 25.9 Å². The predicted molar refractivity (Wildman–Crippen MR) is 95.0 cm³/mol. The minimum atomic E-state index is -0.455. The fourth-order valence-electron chi connectivity index (χ4n) is 4.19. The second-order valence-corrected chi connectivity index (χ2v) is 8.25. The van der Waals surface area contributed by atoms with Crippen molar-refractivity contribution in [2.75, 3.05) is 19.6 Å². The molecule has 1 aliphatic carbocycles. The molecule has 134 valence electrons. The van der Waals surface area contributed by atoms with Crippen LogP contribution in [0.4, 0.5) is 0 Å². The maximum atomic E-state index is 13.0. The van der Waals surface area contributed by atoms with Gasteiger partial charge in [-0.25, -0.2) is 5.48 Å². The Morgan fingerprint density at radius 2 is 2.24 bits per heavy atom. The smallest absolute Gasteiger partial charge is 0.247 e. The van der Waals surface area contributed by atoms with Gasteiger partial charge in [0.2, 0.25) is 11.8 Å². The fourth-order valence-corrected chi connectivity index (χ4v) is 4.98. The van der Waals surface area contributed by atoms with Gasteiger partial charge in [0.1, 0.15) is 0 Å². The molecule has 3 N–H and O–H groups in total. The Labute approximate surface area is 150 Å². The van der Waals surface area contributed by atoms with E-state index in [0.717, 1.165) is 19.4 Å². The zero-order valence-electron chi connectivity index (χ0n) is 14.0. The van der Waals surface area contributed by atoms with Crippen molar-refractivity contribution in [1.29, 1.82) is 0 Å². The average Bonchev–Trinajstić information content (AvgIpc) is 3.18. The summed E-state index contributed by atoms with van der Waals surface area (Å²) in [6, 6.07) is 4.15. The molecular weight excluding hydrogens is 338 g/mol. The lowest BCUT2D eigenvalue weighted by Gasteiger charge is -2.37. The molecule has 2 aliphatic heterocycles. The number of nitrogens with one attached hydrogen (secondary N) is 2. The number of hydroxylamine groups is 1. The van der Waals surface area contributed by atoms with Crippen LogP contribution in [0.1, 0.15) is 30.6 Å². The quantitative estimate of drug-likeness (QED) is 0.433. The third-order valence-corrected chi connectivity index (χ3v) is 6.78. The van der Waals surface area contributed by atoms with E-state index in [4.69, 9.17) is 5.21 Å². The van der Waals surface area contributed by atoms with Crippen molar-refractivity contribution in [1.82, 2.24) is 15.7 Å². The molecule has 1 unspecified atom stereocenters. The Hall–Kier alpha value is -1.70. The molecular formula is C18H23N3O3S. The first-order chi connectivity index (χ1) is 12.1. The summed E-state index contributed by atoms with van der Waals surface area (Å²) >= 11 is 1.72. The zero-order valence-corrected chi connectivity index (χ0v) is 14.8. The molecule has 1 saturated heterocycles. The molecule has 3 aliphatic rings. The van der Waals surface area contributed by atoms with Crippen LogP contribution in [0.2, 0.25) is 0 Å². The van der Waals surface area contributed by atoms with Crippen molar-refractivity contribution in [2.45, 2.75) is 31.2 Å². The van der Waals surface area contributed by atoms with Crippen LogP contribution in [0.5, 0.6) is 0 Å². The van der Waals surface area contributed by atoms with Crippen LogP contribution in [-0.4, -0.2) is 47.1 Å². The third kappa shape index (κ3) is 3.23. The molecule has 4 rings (SSSR count). The standard InChI is InChI=1S/C18H23N3O3S/c22-16(20-24)14-10-18(11-19-18)6-3-13(14)17(23)21-7-4-12(5-8-21)15-2-1-9-25-15/h1-2,4,9,13-14,19,24H,3,5-8,10-11H2,(H,20,22)/t13-,14-,18?/m0/s1. The van der Waals surface area contributed by atoms with E-state index in [9.17, 15) is 9.59 Å². The highest BCUT2D eigenvalue weighted by atomic mass is 32.1. The van der Waals surface area contributed by atoms with Crippen LogP contribution in [0, 0.1) is 11.8 Å². The Balaban J connectivity index is 1.45. The number of amides is 2. The lowest BCUT2D eigenvalue weighted by molar-refractivity contribution is -0.147. The lowest BCUT2D eigenvalue weighted by Crippen LogP contribution is -2.49. The van der Waals surface area contributed by atoms with E-state index in [2.05, 4.69) is 22.8 Å². The van der Waals surface area contributed by atoms with E-state index in [1.54, 1.807) is 16.8 Å². The summed E-state index contributed by atoms with van der Waals surface area (Å²) in [6.07, 6.45) is 5.22. The second kappa shape index (κ2) is 6.55. The monoisotopic (exact) mass is 361 g/mol. The first-order valence-electron chi connectivity index (χ1n) is 8.82. The van der Waals surface area contributed by atoms with Crippen LogP contribution in [-0.2, 0) is 9.59 Å². The summed E-state index contributed by atoms with van der Waals surface area (Å²) in [5, 5.41) is 14.5. The molecule has 1 aromatic rings. The first kappa shape index (κ1) is 16.8. The molecule has 6 nitrogen and oxygen atoms in total. The molecule has 0 bridgehead atoms. The van der Waals surface area contributed by atoms with Gasteiger partial charge < -0.3 is 10.2 Å². The molecule has 0 aromatic carbocycles. The van der Waals surface area contributed by atoms with E-state index >= 15 is 0 Å². The molecule has 0 radical (unpaired) electrons. The summed E-state index contributed by atoms with van der Waals surface area (Å²) in [4.78, 5) is 28.3. The highest BCUT2D eigenvalue weighted by Crippen LogP contribution is 2.42. The van der Waals surface area contributed by atoms with Crippen LogP contribution >= 0.6 is 11.3 Å². The predicted octanol–water partition coefficient (Wildman–Crippen LogP) is 1.63. The van der Waals surface area contributed by atoms with Gasteiger partial charge in [-0.3, -0.25) is 14.8 Å². The van der Waals surface area contributed by atoms with Gasteiger partial charge in [-0.2, -0.15) is 0 Å². The van der Waals surface area contributed by atoms with Gasteiger partial charge >= 0.3 is 0 Å². The first-order valence-corrected chi connectivity index (χ1v) is 9.70. The largest absolute Gasteiger partial charge is 0.338 e. The molecule has 2 fully saturated rings. The van der Waals surface area contributed by atoms with Gasteiger partial charge in [-0.15, -0.1) is 11.3 Å². The van der Waals surface area contributed by atoms with E-state index in [1.165, 1.54) is 10.5 Å². The Kier molecular flexibility index (Phi) is 4.39. The number of hydrogen-bond donors (Lipinski definition) is 3. The number of thiophene rings is 1. The van der Waals surface area contributed by atoms with E-state index < -0.39 is 11.8 Å². The van der Waals surface area contributed by atoms with Crippen molar-refractivity contribution >= 4 is 28.7 Å². The molecule has 1 saturated carbocycles. The number of hydrogen-bond acceptors (Lipinski definition) is 5. The molecule has 2 amide bonds. The topological polar surface area (TPSA) is 91.6 Å². The molecule has 3 heterocycles. The van der Waals surface area contributed by atoms with Crippen molar-refractivity contribution in [3.63, 3.8) is 0 Å². The fraction of sp³-hybridized carbons (Fsp3) is 0.556. The van der Waals surface area contributed by atoms with Gasteiger partial charge in [-0.05, 0) is 42.7 Å². The summed E-state index contributed by atoms with van der Waals surface area (Å²) in [7, 11) is 0. The van der Waals surface area contributed by atoms with Gasteiger partial charge in [0.15, 0.2) is 0 Å². The number of carbonyl (C=O) groups excluding carboxylic acids is 2. The maximum Gasteiger partial charge on any atom is 0.247 e. The average molecular weight is 361 g/mol. The third-order valence-electron chi connectivity index (χ3n) is 5.83. The number of carbonyl (C=O) groups is 2. The van der Waals surface area contributed by atoms with E-state index in [1.807, 2.05) is 11.0 Å².